The predicted molar refractivity (Wildman–Crippen MR) is 71.7 cm³/mol. The Kier molecular flexibility index (Phi) is 3.74. The molecule has 4 heteroatoms. The Labute approximate surface area is 106 Å². The number of hydrogen-bond acceptors (Lipinski definition) is 2. The molecule has 0 radical (unpaired) electrons. The fraction of sp³-hybridized carbons (Fsp3) is 0.385. The first-order valence-corrected chi connectivity index (χ1v) is 6.38. The van der Waals surface area contributed by atoms with Gasteiger partial charge in [-0.1, -0.05) is 37.3 Å². The van der Waals surface area contributed by atoms with Gasteiger partial charge in [-0.05, 0) is 31.1 Å². The molecule has 1 heterocycles. The smallest absolute Gasteiger partial charge is 0.195 e. The van der Waals surface area contributed by atoms with Gasteiger partial charge in [0.25, 0.3) is 0 Å². The molecule has 90 valence electrons. The second kappa shape index (κ2) is 5.27. The fourth-order valence-electron chi connectivity index (χ4n) is 2.15. The Morgan fingerprint density at radius 3 is 2.59 bits per heavy atom. The maximum Gasteiger partial charge on any atom is 0.195 e. The van der Waals surface area contributed by atoms with Crippen LogP contribution in [-0.2, 0) is 6.54 Å². The van der Waals surface area contributed by atoms with E-state index in [-0.39, 0.29) is 0 Å². The molecule has 0 aliphatic heterocycles. The first-order chi connectivity index (χ1) is 8.27. The van der Waals surface area contributed by atoms with Crippen LogP contribution in [0.2, 0.25) is 0 Å². The average molecular weight is 247 g/mol. The van der Waals surface area contributed by atoms with E-state index in [1.807, 2.05) is 6.07 Å². The molecular weight excluding hydrogens is 230 g/mol. The lowest BCUT2D eigenvalue weighted by molar-refractivity contribution is 0.627. The van der Waals surface area contributed by atoms with Crippen LogP contribution in [0.1, 0.15) is 37.6 Å². The maximum absolute atomic E-state index is 5.23. The molecule has 0 bridgehead atoms. The van der Waals surface area contributed by atoms with Gasteiger partial charge in [0, 0.05) is 12.5 Å². The van der Waals surface area contributed by atoms with Crippen LogP contribution in [0, 0.1) is 4.77 Å². The van der Waals surface area contributed by atoms with Crippen molar-refractivity contribution in [3.63, 3.8) is 0 Å². The maximum atomic E-state index is 5.23. The van der Waals surface area contributed by atoms with Crippen LogP contribution in [0.25, 0.3) is 0 Å². The van der Waals surface area contributed by atoms with Gasteiger partial charge in [-0.3, -0.25) is 5.10 Å². The highest BCUT2D eigenvalue weighted by atomic mass is 32.1. The molecule has 17 heavy (non-hydrogen) atoms. The van der Waals surface area contributed by atoms with Crippen LogP contribution in [-0.4, -0.2) is 14.8 Å². The zero-order valence-electron chi connectivity index (χ0n) is 10.2. The minimum Gasteiger partial charge on any atom is -0.304 e. The van der Waals surface area contributed by atoms with Crippen molar-refractivity contribution >= 4 is 12.2 Å². The molecule has 1 N–H and O–H groups in total. The summed E-state index contributed by atoms with van der Waals surface area (Å²) in [6.45, 7) is 5.12. The first-order valence-electron chi connectivity index (χ1n) is 5.98. The molecule has 0 saturated heterocycles. The zero-order valence-corrected chi connectivity index (χ0v) is 11.0. The second-order valence-electron chi connectivity index (χ2n) is 4.00. The van der Waals surface area contributed by atoms with E-state index in [0.29, 0.717) is 10.7 Å². The molecule has 0 fully saturated rings. The molecular formula is C13H17N3S. The predicted octanol–water partition coefficient (Wildman–Crippen LogP) is 3.50. The topological polar surface area (TPSA) is 33.6 Å². The van der Waals surface area contributed by atoms with E-state index < -0.39 is 0 Å². The summed E-state index contributed by atoms with van der Waals surface area (Å²) in [6.07, 6.45) is 1.02. The first kappa shape index (κ1) is 12.0. The summed E-state index contributed by atoms with van der Waals surface area (Å²) < 4.78 is 2.77. The number of nitrogens with zero attached hydrogens (tertiary/aromatic N) is 2. The largest absolute Gasteiger partial charge is 0.304 e. The highest BCUT2D eigenvalue weighted by molar-refractivity contribution is 7.71. The lowest BCUT2D eigenvalue weighted by Crippen LogP contribution is -2.09. The molecule has 1 aromatic carbocycles. The molecule has 1 aromatic heterocycles. The zero-order chi connectivity index (χ0) is 12.3. The van der Waals surface area contributed by atoms with Gasteiger partial charge >= 0.3 is 0 Å². The van der Waals surface area contributed by atoms with Crippen molar-refractivity contribution in [2.75, 3.05) is 0 Å². The van der Waals surface area contributed by atoms with E-state index in [0.717, 1.165) is 18.8 Å². The average Bonchev–Trinajstić information content (AvgIpc) is 2.73. The van der Waals surface area contributed by atoms with Crippen molar-refractivity contribution in [1.82, 2.24) is 14.8 Å². The van der Waals surface area contributed by atoms with Gasteiger partial charge < -0.3 is 4.57 Å². The van der Waals surface area contributed by atoms with Crippen LogP contribution in [0.3, 0.4) is 0 Å². The summed E-state index contributed by atoms with van der Waals surface area (Å²) in [5.41, 5.74) is 1.29. The highest BCUT2D eigenvalue weighted by Crippen LogP contribution is 2.26. The number of H-pyrrole nitrogens is 1. The van der Waals surface area contributed by atoms with Crippen LogP contribution in [0.15, 0.2) is 30.3 Å². The molecule has 3 nitrogen and oxygen atoms in total. The van der Waals surface area contributed by atoms with E-state index in [4.69, 9.17) is 12.2 Å². The van der Waals surface area contributed by atoms with Gasteiger partial charge in [-0.25, -0.2) is 0 Å². The minimum absolute atomic E-state index is 0.309. The Balaban J connectivity index is 2.46. The third-order valence-electron chi connectivity index (χ3n) is 3.03. The number of aromatic amines is 1. The van der Waals surface area contributed by atoms with Crippen molar-refractivity contribution in [3.05, 3.63) is 46.5 Å². The van der Waals surface area contributed by atoms with Crippen LogP contribution >= 0.6 is 12.2 Å². The van der Waals surface area contributed by atoms with Gasteiger partial charge in [0.05, 0.1) is 0 Å². The third-order valence-corrected chi connectivity index (χ3v) is 3.34. The normalized spacial score (nSPS) is 12.6. The summed E-state index contributed by atoms with van der Waals surface area (Å²) in [5, 5.41) is 7.27. The van der Waals surface area contributed by atoms with E-state index >= 15 is 0 Å². The van der Waals surface area contributed by atoms with Crippen LogP contribution in [0.4, 0.5) is 0 Å². The molecule has 0 aliphatic carbocycles. The molecule has 0 amide bonds. The Hall–Kier alpha value is -1.42. The van der Waals surface area contributed by atoms with E-state index in [2.05, 4.69) is 52.9 Å². The van der Waals surface area contributed by atoms with Gasteiger partial charge in [0.1, 0.15) is 5.82 Å². The quantitative estimate of drug-likeness (QED) is 0.839. The lowest BCUT2D eigenvalue weighted by atomic mass is 9.96. The molecule has 1 unspecified atom stereocenters. The highest BCUT2D eigenvalue weighted by Gasteiger charge is 2.17. The molecule has 0 saturated carbocycles. The molecule has 0 spiro atoms. The van der Waals surface area contributed by atoms with E-state index in [1.54, 1.807) is 0 Å². The minimum atomic E-state index is 0.309. The summed E-state index contributed by atoms with van der Waals surface area (Å²) in [7, 11) is 0. The molecule has 2 aromatic rings. The Morgan fingerprint density at radius 1 is 1.29 bits per heavy atom. The Morgan fingerprint density at radius 2 is 2.00 bits per heavy atom. The molecule has 1 atom stereocenters. The fourth-order valence-corrected chi connectivity index (χ4v) is 2.42. The molecule has 2 rings (SSSR count). The second-order valence-corrected chi connectivity index (χ2v) is 4.39. The van der Waals surface area contributed by atoms with Crippen molar-refractivity contribution in [3.8, 4) is 0 Å². The molecule has 0 aliphatic rings. The number of benzene rings is 1. The summed E-state index contributed by atoms with van der Waals surface area (Å²) >= 11 is 5.23. The van der Waals surface area contributed by atoms with Gasteiger partial charge in [0.15, 0.2) is 4.77 Å². The monoisotopic (exact) mass is 247 g/mol. The summed E-state index contributed by atoms with van der Waals surface area (Å²) in [4.78, 5) is 0. The van der Waals surface area contributed by atoms with Gasteiger partial charge in [-0.15, -0.1) is 0 Å². The third kappa shape index (κ3) is 2.31. The van der Waals surface area contributed by atoms with Gasteiger partial charge in [0.2, 0.25) is 0 Å². The Bertz CT molecular complexity index is 527. The van der Waals surface area contributed by atoms with E-state index in [9.17, 15) is 0 Å². The summed E-state index contributed by atoms with van der Waals surface area (Å²) in [6, 6.07) is 10.5. The standard InChI is InChI=1S/C13H17N3S/c1-3-11(10-8-6-5-7-9-10)12-14-15-13(17)16(12)4-2/h5-9,11H,3-4H2,1-2H3,(H,15,17). The van der Waals surface area contributed by atoms with Crippen molar-refractivity contribution in [2.24, 2.45) is 0 Å². The number of nitrogens with one attached hydrogen (secondary N) is 1. The van der Waals surface area contributed by atoms with E-state index in [1.165, 1.54) is 5.56 Å². The number of aromatic nitrogens is 3. The van der Waals surface area contributed by atoms with Crippen molar-refractivity contribution < 1.29 is 0 Å². The number of rotatable bonds is 4. The lowest BCUT2D eigenvalue weighted by Gasteiger charge is -2.15. The van der Waals surface area contributed by atoms with Crippen molar-refractivity contribution in [2.45, 2.75) is 32.7 Å². The SMILES string of the molecule is CCC(c1ccccc1)c1n[nH]c(=S)n1CC. The van der Waals surface area contributed by atoms with Crippen LogP contribution < -0.4 is 0 Å². The van der Waals surface area contributed by atoms with Crippen LogP contribution in [0.5, 0.6) is 0 Å². The van der Waals surface area contributed by atoms with Crippen molar-refractivity contribution in [1.29, 1.82) is 0 Å². The number of hydrogen-bond donors (Lipinski definition) is 1. The van der Waals surface area contributed by atoms with Gasteiger partial charge in [-0.2, -0.15) is 5.10 Å². The summed E-state index contributed by atoms with van der Waals surface area (Å²) in [5.74, 6) is 1.34.